The molecule has 4 rings (SSSR count). The summed E-state index contributed by atoms with van der Waals surface area (Å²) < 4.78 is 1.90. The largest absolute Gasteiger partial charge is 0.355 e. The van der Waals surface area contributed by atoms with Crippen molar-refractivity contribution in [3.05, 3.63) is 72.2 Å². The van der Waals surface area contributed by atoms with Gasteiger partial charge in [-0.15, -0.1) is 15.3 Å². The fourth-order valence-corrected chi connectivity index (χ4v) is 3.90. The third kappa shape index (κ3) is 4.11. The molecule has 2 heterocycles. The van der Waals surface area contributed by atoms with E-state index in [1.807, 2.05) is 41.9 Å². The van der Waals surface area contributed by atoms with Gasteiger partial charge in [-0.3, -0.25) is 4.79 Å². The van der Waals surface area contributed by atoms with E-state index in [0.29, 0.717) is 11.3 Å². The molecule has 152 valence electrons. The highest BCUT2D eigenvalue weighted by Gasteiger charge is 2.13. The van der Waals surface area contributed by atoms with Crippen molar-refractivity contribution in [1.29, 1.82) is 0 Å². The highest BCUT2D eigenvalue weighted by molar-refractivity contribution is 7.99. The number of aromatic nitrogens is 6. The first-order chi connectivity index (χ1) is 14.5. The number of carbonyl (C=O) groups is 1. The first kappa shape index (κ1) is 19.8. The minimum absolute atomic E-state index is 0.133. The molecule has 1 N–H and O–H groups in total. The maximum atomic E-state index is 11.9. The molecule has 0 radical (unpaired) electrons. The van der Waals surface area contributed by atoms with E-state index in [1.54, 1.807) is 42.2 Å². The van der Waals surface area contributed by atoms with Gasteiger partial charge in [-0.25, -0.2) is 0 Å². The van der Waals surface area contributed by atoms with Crippen molar-refractivity contribution in [2.75, 3.05) is 7.05 Å². The Labute approximate surface area is 178 Å². The summed E-state index contributed by atoms with van der Waals surface area (Å²) in [6.07, 6.45) is 3.40. The third-order valence-corrected chi connectivity index (χ3v) is 5.87. The van der Waals surface area contributed by atoms with Crippen molar-refractivity contribution >= 4 is 17.7 Å². The average molecular weight is 420 g/mol. The van der Waals surface area contributed by atoms with Gasteiger partial charge in [0.25, 0.3) is 5.91 Å². The Morgan fingerprint density at radius 2 is 2.00 bits per heavy atom. The van der Waals surface area contributed by atoms with Gasteiger partial charge in [0.1, 0.15) is 12.0 Å². The molecule has 1 amide bonds. The molecule has 1 unspecified atom stereocenters. The maximum absolute atomic E-state index is 11.9. The SMILES string of the molecule is CNC(=O)c1cccc(-c2cnn(-c3cccc(C(C)Sc4nncn4C)c3)n2)c1. The summed E-state index contributed by atoms with van der Waals surface area (Å²) in [5, 5.41) is 20.8. The zero-order valence-corrected chi connectivity index (χ0v) is 17.7. The number of nitrogens with zero attached hydrogens (tertiary/aromatic N) is 6. The summed E-state index contributed by atoms with van der Waals surface area (Å²) in [4.78, 5) is 13.5. The van der Waals surface area contributed by atoms with E-state index in [2.05, 4.69) is 44.8 Å². The van der Waals surface area contributed by atoms with E-state index in [4.69, 9.17) is 0 Å². The van der Waals surface area contributed by atoms with Crippen LogP contribution in [-0.4, -0.2) is 42.7 Å². The molecule has 2 aromatic carbocycles. The second-order valence-corrected chi connectivity index (χ2v) is 8.07. The average Bonchev–Trinajstić information content (AvgIpc) is 3.43. The maximum Gasteiger partial charge on any atom is 0.251 e. The van der Waals surface area contributed by atoms with Crippen LogP contribution in [0.1, 0.15) is 28.1 Å². The Balaban J connectivity index is 1.57. The van der Waals surface area contributed by atoms with E-state index in [0.717, 1.165) is 22.0 Å². The van der Waals surface area contributed by atoms with Crippen LogP contribution in [-0.2, 0) is 7.05 Å². The Morgan fingerprint density at radius 3 is 2.77 bits per heavy atom. The van der Waals surface area contributed by atoms with Gasteiger partial charge in [0.05, 0.1) is 11.9 Å². The van der Waals surface area contributed by atoms with E-state index in [1.165, 1.54) is 0 Å². The van der Waals surface area contributed by atoms with Crippen LogP contribution in [0.25, 0.3) is 16.9 Å². The number of benzene rings is 2. The normalized spacial score (nSPS) is 12.0. The number of carbonyl (C=O) groups excluding carboxylic acids is 1. The van der Waals surface area contributed by atoms with Crippen LogP contribution in [0, 0.1) is 0 Å². The summed E-state index contributed by atoms with van der Waals surface area (Å²) >= 11 is 1.64. The summed E-state index contributed by atoms with van der Waals surface area (Å²) in [7, 11) is 3.54. The minimum Gasteiger partial charge on any atom is -0.355 e. The topological polar surface area (TPSA) is 90.5 Å². The Morgan fingerprint density at radius 1 is 1.17 bits per heavy atom. The van der Waals surface area contributed by atoms with Gasteiger partial charge in [0, 0.05) is 30.5 Å². The molecule has 0 bridgehead atoms. The molecule has 30 heavy (non-hydrogen) atoms. The second-order valence-electron chi connectivity index (χ2n) is 6.76. The van der Waals surface area contributed by atoms with Gasteiger partial charge in [0.2, 0.25) is 0 Å². The van der Waals surface area contributed by atoms with E-state index < -0.39 is 0 Å². The molecular formula is C21H21N7OS. The molecule has 0 saturated heterocycles. The lowest BCUT2D eigenvalue weighted by Gasteiger charge is -2.12. The zero-order chi connectivity index (χ0) is 21.1. The lowest BCUT2D eigenvalue weighted by molar-refractivity contribution is 0.0963. The van der Waals surface area contributed by atoms with Crippen molar-refractivity contribution in [3.63, 3.8) is 0 Å². The van der Waals surface area contributed by atoms with Crippen molar-refractivity contribution in [1.82, 2.24) is 35.1 Å². The van der Waals surface area contributed by atoms with E-state index in [-0.39, 0.29) is 11.2 Å². The molecule has 0 aliphatic heterocycles. The van der Waals surface area contributed by atoms with E-state index in [9.17, 15) is 4.79 Å². The molecule has 2 aromatic heterocycles. The van der Waals surface area contributed by atoms with Crippen LogP contribution in [0.3, 0.4) is 0 Å². The molecule has 9 heteroatoms. The van der Waals surface area contributed by atoms with Gasteiger partial charge < -0.3 is 9.88 Å². The molecule has 0 saturated carbocycles. The van der Waals surface area contributed by atoms with Gasteiger partial charge in [-0.1, -0.05) is 36.0 Å². The summed E-state index contributed by atoms with van der Waals surface area (Å²) in [6.45, 7) is 2.13. The summed E-state index contributed by atoms with van der Waals surface area (Å²) in [5.74, 6) is -0.133. The zero-order valence-electron chi connectivity index (χ0n) is 16.9. The number of nitrogens with one attached hydrogen (secondary N) is 1. The van der Waals surface area contributed by atoms with Crippen LogP contribution in [0.2, 0.25) is 0 Å². The number of rotatable bonds is 6. The molecule has 0 aliphatic rings. The highest BCUT2D eigenvalue weighted by atomic mass is 32.2. The summed E-state index contributed by atoms with van der Waals surface area (Å²) in [5.41, 5.74) is 4.13. The summed E-state index contributed by atoms with van der Waals surface area (Å²) in [6, 6.07) is 15.4. The lowest BCUT2D eigenvalue weighted by Crippen LogP contribution is -2.17. The molecule has 8 nitrogen and oxygen atoms in total. The molecule has 0 fully saturated rings. The van der Waals surface area contributed by atoms with Crippen molar-refractivity contribution < 1.29 is 4.79 Å². The highest BCUT2D eigenvalue weighted by Crippen LogP contribution is 2.33. The van der Waals surface area contributed by atoms with Crippen LogP contribution >= 0.6 is 11.8 Å². The quantitative estimate of drug-likeness (QED) is 0.483. The van der Waals surface area contributed by atoms with Crippen LogP contribution in [0.15, 0.2) is 66.2 Å². The standard InChI is InChI=1S/C21H21N7OS/c1-14(30-21-25-23-13-27(21)3)15-6-5-9-18(11-15)28-24-12-19(26-28)16-7-4-8-17(10-16)20(29)22-2/h4-14H,1-3H3,(H,22,29). The Kier molecular flexibility index (Phi) is 5.62. The molecule has 0 aliphatic carbocycles. The number of thioether (sulfide) groups is 1. The van der Waals surface area contributed by atoms with Crippen LogP contribution < -0.4 is 5.32 Å². The molecular weight excluding hydrogens is 398 g/mol. The number of amides is 1. The van der Waals surface area contributed by atoms with Crippen LogP contribution in [0.4, 0.5) is 0 Å². The number of aryl methyl sites for hydroxylation is 1. The van der Waals surface area contributed by atoms with Gasteiger partial charge in [0.15, 0.2) is 5.16 Å². The Bertz CT molecular complexity index is 1180. The first-order valence-corrected chi connectivity index (χ1v) is 10.3. The lowest BCUT2D eigenvalue weighted by atomic mass is 10.1. The van der Waals surface area contributed by atoms with Gasteiger partial charge in [-0.05, 0) is 36.8 Å². The fraction of sp³-hybridized carbons (Fsp3) is 0.190. The minimum atomic E-state index is -0.133. The molecule has 4 aromatic rings. The van der Waals surface area contributed by atoms with E-state index >= 15 is 0 Å². The first-order valence-electron chi connectivity index (χ1n) is 9.41. The predicted molar refractivity (Wildman–Crippen MR) is 115 cm³/mol. The Hall–Kier alpha value is -3.46. The second kappa shape index (κ2) is 8.50. The van der Waals surface area contributed by atoms with Crippen LogP contribution in [0.5, 0.6) is 0 Å². The van der Waals surface area contributed by atoms with Crippen molar-refractivity contribution in [2.24, 2.45) is 7.05 Å². The molecule has 0 spiro atoms. The predicted octanol–water partition coefficient (Wildman–Crippen LogP) is 3.28. The van der Waals surface area contributed by atoms with Crippen molar-refractivity contribution in [3.8, 4) is 16.9 Å². The van der Waals surface area contributed by atoms with Gasteiger partial charge in [-0.2, -0.15) is 9.90 Å². The smallest absolute Gasteiger partial charge is 0.251 e. The monoisotopic (exact) mass is 419 g/mol. The third-order valence-electron chi connectivity index (χ3n) is 4.66. The van der Waals surface area contributed by atoms with Gasteiger partial charge >= 0.3 is 0 Å². The number of hydrogen-bond donors (Lipinski definition) is 1. The van der Waals surface area contributed by atoms with Crippen molar-refractivity contribution in [2.45, 2.75) is 17.3 Å². The molecule has 1 atom stereocenters. The number of hydrogen-bond acceptors (Lipinski definition) is 6. The fourth-order valence-electron chi connectivity index (χ4n) is 2.99.